The summed E-state index contributed by atoms with van der Waals surface area (Å²) >= 11 is 0. The molecule has 0 amide bonds. The van der Waals surface area contributed by atoms with Gasteiger partial charge in [-0.15, -0.1) is 0 Å². The van der Waals surface area contributed by atoms with Gasteiger partial charge >= 0.3 is 0 Å². The highest BCUT2D eigenvalue weighted by molar-refractivity contribution is 5.47. The molecule has 0 fully saturated rings. The van der Waals surface area contributed by atoms with Gasteiger partial charge in [-0.2, -0.15) is 0 Å². The molecule has 3 heteroatoms. The third kappa shape index (κ3) is 4.44. The second kappa shape index (κ2) is 8.79. The maximum Gasteiger partial charge on any atom is 0.129 e. The van der Waals surface area contributed by atoms with Crippen LogP contribution in [0, 0.1) is 29.3 Å². The molecule has 152 valence electrons. The lowest BCUT2D eigenvalue weighted by molar-refractivity contribution is 0.489. The molecule has 0 saturated carbocycles. The molecule has 0 aliphatic heterocycles. The molecule has 0 saturated heterocycles. The van der Waals surface area contributed by atoms with Gasteiger partial charge < -0.3 is 0 Å². The third-order valence-electron chi connectivity index (χ3n) is 5.72. The van der Waals surface area contributed by atoms with E-state index >= 15 is 0 Å². The van der Waals surface area contributed by atoms with Gasteiger partial charge in [0, 0.05) is 16.7 Å². The summed E-state index contributed by atoms with van der Waals surface area (Å²) in [7, 11) is 0. The first-order chi connectivity index (χ1) is 14.5. The Balaban J connectivity index is 1.54. The zero-order valence-electron chi connectivity index (χ0n) is 16.9. The number of hydrogen-bond donors (Lipinski definition) is 0. The molecule has 3 aromatic carbocycles. The Morgan fingerprint density at radius 1 is 0.833 bits per heavy atom. The number of fused-ring (bicyclic) bond motifs is 1. The number of benzene rings is 3. The van der Waals surface area contributed by atoms with E-state index in [1.807, 2.05) is 19.1 Å². The summed E-state index contributed by atoms with van der Waals surface area (Å²) < 4.78 is 42.3. The Hall–Kier alpha value is -2.99. The van der Waals surface area contributed by atoms with E-state index in [9.17, 15) is 13.2 Å². The van der Waals surface area contributed by atoms with Gasteiger partial charge in [-0.25, -0.2) is 13.2 Å². The summed E-state index contributed by atoms with van der Waals surface area (Å²) in [5, 5.41) is 0. The quantitative estimate of drug-likeness (QED) is 0.425. The van der Waals surface area contributed by atoms with Crippen molar-refractivity contribution in [1.82, 2.24) is 0 Å². The second-order valence-corrected chi connectivity index (χ2v) is 7.90. The van der Waals surface area contributed by atoms with Gasteiger partial charge in [-0.3, -0.25) is 0 Å². The number of aryl methyl sites for hydroxylation is 2. The fourth-order valence-corrected chi connectivity index (χ4v) is 4.22. The lowest BCUT2D eigenvalue weighted by Gasteiger charge is -2.26. The van der Waals surface area contributed by atoms with Crippen LogP contribution in [0.25, 0.3) is 0 Å². The van der Waals surface area contributed by atoms with Crippen molar-refractivity contribution < 1.29 is 13.2 Å². The van der Waals surface area contributed by atoms with Crippen LogP contribution in [0.5, 0.6) is 0 Å². The van der Waals surface area contributed by atoms with Crippen LogP contribution >= 0.6 is 0 Å². The molecular formula is C27H23F3. The van der Waals surface area contributed by atoms with E-state index in [-0.39, 0.29) is 17.3 Å². The van der Waals surface area contributed by atoms with E-state index in [1.165, 1.54) is 29.8 Å². The standard InChI is InChI=1S/C27H23F3/c1-2-3-20-15-25(29)27(26(30)16-20)23-11-10-21-14-19(6-9-22(21)17-23)5-4-18-7-12-24(28)13-8-18/h6-9,12-16,23H,2-3,10-11,17H2,1H3. The Kier molecular flexibility index (Phi) is 5.95. The zero-order valence-corrected chi connectivity index (χ0v) is 16.9. The summed E-state index contributed by atoms with van der Waals surface area (Å²) in [5.74, 6) is 4.89. The predicted octanol–water partition coefficient (Wildman–Crippen LogP) is 6.73. The van der Waals surface area contributed by atoms with Gasteiger partial charge in [0.05, 0.1) is 0 Å². The Bertz CT molecular complexity index is 1090. The second-order valence-electron chi connectivity index (χ2n) is 7.90. The molecule has 1 aliphatic rings. The first-order valence-corrected chi connectivity index (χ1v) is 10.4. The van der Waals surface area contributed by atoms with Crippen LogP contribution in [0.2, 0.25) is 0 Å². The largest absolute Gasteiger partial charge is 0.207 e. The fourth-order valence-electron chi connectivity index (χ4n) is 4.22. The van der Waals surface area contributed by atoms with Crippen molar-refractivity contribution in [3.05, 3.63) is 105 Å². The molecule has 0 aromatic heterocycles. The van der Waals surface area contributed by atoms with Gasteiger partial charge in [0.15, 0.2) is 0 Å². The fraction of sp³-hybridized carbons (Fsp3) is 0.259. The van der Waals surface area contributed by atoms with Gasteiger partial charge in [0.1, 0.15) is 17.5 Å². The maximum atomic E-state index is 14.7. The Morgan fingerprint density at radius 3 is 2.20 bits per heavy atom. The van der Waals surface area contributed by atoms with E-state index < -0.39 is 11.6 Å². The van der Waals surface area contributed by atoms with Crippen LogP contribution in [0.4, 0.5) is 13.2 Å². The SMILES string of the molecule is CCCc1cc(F)c(C2CCc3cc(C#Cc4ccc(F)cc4)ccc3C2)c(F)c1. The van der Waals surface area contributed by atoms with Crippen LogP contribution in [0.15, 0.2) is 54.6 Å². The first-order valence-electron chi connectivity index (χ1n) is 10.4. The van der Waals surface area contributed by atoms with Crippen LogP contribution < -0.4 is 0 Å². The molecule has 4 rings (SSSR count). The van der Waals surface area contributed by atoms with Gasteiger partial charge in [0.25, 0.3) is 0 Å². The highest BCUT2D eigenvalue weighted by atomic mass is 19.1. The molecule has 1 unspecified atom stereocenters. The van der Waals surface area contributed by atoms with Crippen LogP contribution in [0.1, 0.15) is 59.1 Å². The third-order valence-corrected chi connectivity index (χ3v) is 5.72. The molecule has 3 aromatic rings. The average Bonchev–Trinajstić information content (AvgIpc) is 2.73. The predicted molar refractivity (Wildman–Crippen MR) is 114 cm³/mol. The molecule has 0 bridgehead atoms. The minimum atomic E-state index is -0.423. The molecule has 0 spiro atoms. The summed E-state index contributed by atoms with van der Waals surface area (Å²) in [5.41, 5.74) is 4.89. The minimum Gasteiger partial charge on any atom is -0.207 e. The van der Waals surface area contributed by atoms with Crippen molar-refractivity contribution in [1.29, 1.82) is 0 Å². The zero-order chi connectivity index (χ0) is 21.1. The lowest BCUT2D eigenvalue weighted by Crippen LogP contribution is -2.16. The van der Waals surface area contributed by atoms with E-state index in [1.54, 1.807) is 12.1 Å². The van der Waals surface area contributed by atoms with Crippen molar-refractivity contribution in [2.75, 3.05) is 0 Å². The smallest absolute Gasteiger partial charge is 0.129 e. The highest BCUT2D eigenvalue weighted by Crippen LogP contribution is 2.36. The van der Waals surface area contributed by atoms with Crippen molar-refractivity contribution in [2.45, 2.75) is 44.9 Å². The number of rotatable bonds is 3. The minimum absolute atomic E-state index is 0.149. The molecular weight excluding hydrogens is 381 g/mol. The summed E-state index contributed by atoms with van der Waals surface area (Å²) in [4.78, 5) is 0. The normalized spacial score (nSPS) is 15.3. The molecule has 1 atom stereocenters. The molecule has 1 aliphatic carbocycles. The summed E-state index contributed by atoms with van der Waals surface area (Å²) in [6, 6.07) is 15.1. The van der Waals surface area contributed by atoms with E-state index in [0.29, 0.717) is 19.3 Å². The van der Waals surface area contributed by atoms with E-state index in [4.69, 9.17) is 0 Å². The van der Waals surface area contributed by atoms with Crippen molar-refractivity contribution in [3.8, 4) is 11.8 Å². The molecule has 0 radical (unpaired) electrons. The van der Waals surface area contributed by atoms with E-state index in [2.05, 4.69) is 17.9 Å². The Labute approximate surface area is 175 Å². The topological polar surface area (TPSA) is 0 Å². The summed E-state index contributed by atoms with van der Waals surface area (Å²) in [6.45, 7) is 2.00. The van der Waals surface area contributed by atoms with Crippen LogP contribution in [-0.2, 0) is 19.3 Å². The molecule has 0 nitrogen and oxygen atoms in total. The molecule has 0 heterocycles. The van der Waals surface area contributed by atoms with Crippen LogP contribution in [-0.4, -0.2) is 0 Å². The van der Waals surface area contributed by atoms with Gasteiger partial charge in [-0.05, 0) is 96.8 Å². The highest BCUT2D eigenvalue weighted by Gasteiger charge is 2.26. The maximum absolute atomic E-state index is 14.7. The first kappa shape index (κ1) is 20.3. The monoisotopic (exact) mass is 404 g/mol. The van der Waals surface area contributed by atoms with Crippen molar-refractivity contribution in [2.24, 2.45) is 0 Å². The van der Waals surface area contributed by atoms with Crippen molar-refractivity contribution >= 4 is 0 Å². The van der Waals surface area contributed by atoms with Crippen LogP contribution in [0.3, 0.4) is 0 Å². The van der Waals surface area contributed by atoms with E-state index in [0.717, 1.165) is 35.1 Å². The average molecular weight is 404 g/mol. The van der Waals surface area contributed by atoms with Gasteiger partial charge in [-0.1, -0.05) is 31.3 Å². The number of halogens is 3. The molecule has 0 N–H and O–H groups in total. The lowest BCUT2D eigenvalue weighted by atomic mass is 9.79. The van der Waals surface area contributed by atoms with Gasteiger partial charge in [0.2, 0.25) is 0 Å². The van der Waals surface area contributed by atoms with Crippen molar-refractivity contribution in [3.63, 3.8) is 0 Å². The Morgan fingerprint density at radius 2 is 1.50 bits per heavy atom. The number of hydrogen-bond acceptors (Lipinski definition) is 0. The molecule has 30 heavy (non-hydrogen) atoms. The summed E-state index contributed by atoms with van der Waals surface area (Å²) in [6.07, 6.45) is 3.65.